The molecule has 3 aromatic carbocycles. The van der Waals surface area contributed by atoms with Crippen LogP contribution in [0.4, 0.5) is 4.39 Å². The van der Waals surface area contributed by atoms with Crippen molar-refractivity contribution in [3.05, 3.63) is 112 Å². The van der Waals surface area contributed by atoms with Crippen LogP contribution in [0.5, 0.6) is 17.2 Å². The first-order valence-electron chi connectivity index (χ1n) is 12.8. The molecule has 204 valence electrons. The number of halogens is 1. The Kier molecular flexibility index (Phi) is 7.48. The lowest BCUT2D eigenvalue weighted by molar-refractivity contribution is 0.0991. The van der Waals surface area contributed by atoms with Gasteiger partial charge < -0.3 is 14.6 Å². The normalized spacial score (nSPS) is 11.9. The maximum Gasteiger partial charge on any atom is 0.282 e. The summed E-state index contributed by atoms with van der Waals surface area (Å²) >= 11 is 0. The van der Waals surface area contributed by atoms with Crippen molar-refractivity contribution in [3.63, 3.8) is 0 Å². The summed E-state index contributed by atoms with van der Waals surface area (Å²) in [6, 6.07) is 20.2. The summed E-state index contributed by atoms with van der Waals surface area (Å²) in [5.74, 6) is -0.104. The van der Waals surface area contributed by atoms with Crippen molar-refractivity contribution in [1.82, 2.24) is 14.3 Å². The lowest BCUT2D eigenvalue weighted by Crippen LogP contribution is -2.23. The van der Waals surface area contributed by atoms with Crippen LogP contribution in [0.25, 0.3) is 16.6 Å². The molecular weight excluding hydrogens is 513 g/mol. The van der Waals surface area contributed by atoms with Gasteiger partial charge in [0.1, 0.15) is 23.7 Å². The Bertz CT molecular complexity index is 1760. The number of carbonyl (C=O) groups is 1. The highest BCUT2D eigenvalue weighted by Gasteiger charge is 2.22. The molecule has 0 spiro atoms. The summed E-state index contributed by atoms with van der Waals surface area (Å²) in [5, 5.41) is 10.1. The zero-order valence-electron chi connectivity index (χ0n) is 22.3. The highest BCUT2D eigenvalue weighted by atomic mass is 19.1. The third-order valence-corrected chi connectivity index (χ3v) is 6.58. The van der Waals surface area contributed by atoms with Crippen LogP contribution in [0.3, 0.4) is 0 Å². The molecule has 0 aliphatic rings. The molecule has 5 aromatic rings. The minimum absolute atomic E-state index is 0.0135. The molecule has 1 N–H and O–H groups in total. The summed E-state index contributed by atoms with van der Waals surface area (Å²) in [6.45, 7) is 3.49. The van der Waals surface area contributed by atoms with Gasteiger partial charge in [0.15, 0.2) is 17.3 Å². The number of pyridine rings is 1. The molecule has 2 heterocycles. The second kappa shape index (κ2) is 11.2. The zero-order valence-corrected chi connectivity index (χ0v) is 22.3. The Labute approximate surface area is 229 Å². The predicted molar refractivity (Wildman–Crippen MR) is 149 cm³/mol. The quantitative estimate of drug-likeness (QED) is 0.260. The van der Waals surface area contributed by atoms with E-state index in [2.05, 4.69) is 4.98 Å². The van der Waals surface area contributed by atoms with Gasteiger partial charge in [0, 0.05) is 36.8 Å². The number of para-hydroxylation sites is 1. The SMILES string of the molecule is Cc1c(C(=O)Cc2ccc(Oc3ccnc4cc(OC[C@H](C)O)ccc34)c(F)c2)c(=O)n(-c2ccccc2)n1C. The molecule has 1 atom stereocenters. The minimum Gasteiger partial charge on any atom is -0.491 e. The maximum atomic E-state index is 15.1. The molecule has 40 heavy (non-hydrogen) atoms. The molecule has 8 nitrogen and oxygen atoms in total. The standard InChI is InChI=1S/C31H28FN3O5/c1-19(36)18-39-23-10-11-24-26(17-23)33-14-13-28(24)40-29-12-9-21(15-25(29)32)16-27(37)30-20(2)34(3)35(31(30)38)22-7-5-4-6-8-22/h4-15,17,19,36H,16,18H2,1-3H3/t19-/m0/s1. The Hall–Kier alpha value is -4.76. The third kappa shape index (κ3) is 5.37. The lowest BCUT2D eigenvalue weighted by Gasteiger charge is -2.12. The summed E-state index contributed by atoms with van der Waals surface area (Å²) in [5.41, 5.74) is 1.85. The average molecular weight is 542 g/mol. The van der Waals surface area contributed by atoms with Gasteiger partial charge in [-0.05, 0) is 61.9 Å². The smallest absolute Gasteiger partial charge is 0.282 e. The molecule has 0 bridgehead atoms. The first kappa shape index (κ1) is 26.8. The number of benzene rings is 3. The van der Waals surface area contributed by atoms with Crippen LogP contribution < -0.4 is 15.0 Å². The fourth-order valence-corrected chi connectivity index (χ4v) is 4.52. The second-order valence-corrected chi connectivity index (χ2v) is 9.55. The largest absolute Gasteiger partial charge is 0.491 e. The number of hydrogen-bond donors (Lipinski definition) is 1. The summed E-state index contributed by atoms with van der Waals surface area (Å²) < 4.78 is 29.6. The Morgan fingerprint density at radius 2 is 1.82 bits per heavy atom. The number of aliphatic hydroxyl groups excluding tert-OH is 1. The van der Waals surface area contributed by atoms with Gasteiger partial charge in [0.2, 0.25) is 0 Å². The van der Waals surface area contributed by atoms with Gasteiger partial charge in [-0.15, -0.1) is 0 Å². The van der Waals surface area contributed by atoms with Crippen LogP contribution in [0.2, 0.25) is 0 Å². The summed E-state index contributed by atoms with van der Waals surface area (Å²) in [7, 11) is 1.72. The molecule has 0 saturated carbocycles. The van der Waals surface area contributed by atoms with E-state index < -0.39 is 23.3 Å². The van der Waals surface area contributed by atoms with Gasteiger partial charge in [-0.25, -0.2) is 9.07 Å². The molecule has 0 unspecified atom stereocenters. The highest BCUT2D eigenvalue weighted by Crippen LogP contribution is 2.32. The van der Waals surface area contributed by atoms with E-state index in [0.717, 1.165) is 0 Å². The van der Waals surface area contributed by atoms with Crippen molar-refractivity contribution in [2.24, 2.45) is 7.05 Å². The highest BCUT2D eigenvalue weighted by molar-refractivity contribution is 5.98. The van der Waals surface area contributed by atoms with E-state index in [-0.39, 0.29) is 24.3 Å². The Morgan fingerprint density at radius 1 is 1.05 bits per heavy atom. The molecule has 2 aromatic heterocycles. The van der Waals surface area contributed by atoms with E-state index in [1.54, 1.807) is 74.2 Å². The van der Waals surface area contributed by atoms with Crippen molar-refractivity contribution in [1.29, 1.82) is 0 Å². The fourth-order valence-electron chi connectivity index (χ4n) is 4.52. The average Bonchev–Trinajstić information content (AvgIpc) is 3.16. The number of aliphatic hydroxyl groups is 1. The van der Waals surface area contributed by atoms with Crippen LogP contribution >= 0.6 is 0 Å². The van der Waals surface area contributed by atoms with E-state index in [9.17, 15) is 14.7 Å². The van der Waals surface area contributed by atoms with Gasteiger partial charge in [-0.3, -0.25) is 19.3 Å². The molecule has 0 aliphatic carbocycles. The number of ketones is 1. The van der Waals surface area contributed by atoms with Gasteiger partial charge >= 0.3 is 0 Å². The van der Waals surface area contributed by atoms with Gasteiger partial charge in [-0.2, -0.15) is 0 Å². The fraction of sp³-hybridized carbons (Fsp3) is 0.194. The number of nitrogens with zero attached hydrogens (tertiary/aromatic N) is 3. The number of ether oxygens (including phenoxy) is 2. The molecule has 0 aliphatic heterocycles. The number of hydrogen-bond acceptors (Lipinski definition) is 6. The van der Waals surface area contributed by atoms with Crippen LogP contribution in [0.15, 0.2) is 83.8 Å². The number of aromatic nitrogens is 3. The molecule has 0 amide bonds. The predicted octanol–water partition coefficient (Wildman–Crippen LogP) is 5.15. The van der Waals surface area contributed by atoms with Crippen molar-refractivity contribution in [2.75, 3.05) is 6.61 Å². The molecule has 0 radical (unpaired) electrons. The monoisotopic (exact) mass is 541 g/mol. The third-order valence-electron chi connectivity index (χ3n) is 6.58. The Balaban J connectivity index is 1.36. The topological polar surface area (TPSA) is 95.6 Å². The van der Waals surface area contributed by atoms with E-state index in [0.29, 0.717) is 39.3 Å². The zero-order chi connectivity index (χ0) is 28.4. The first-order chi connectivity index (χ1) is 19.2. The van der Waals surface area contributed by atoms with Crippen molar-refractivity contribution >= 4 is 16.7 Å². The number of fused-ring (bicyclic) bond motifs is 1. The van der Waals surface area contributed by atoms with E-state index in [4.69, 9.17) is 9.47 Å². The number of Topliss-reactive ketones (excluding diaryl/α,β-unsaturated/α-hetero) is 1. The molecule has 5 rings (SSSR count). The number of carbonyl (C=O) groups excluding carboxylic acids is 1. The Morgan fingerprint density at radius 3 is 2.55 bits per heavy atom. The van der Waals surface area contributed by atoms with Crippen LogP contribution in [0.1, 0.15) is 28.5 Å². The van der Waals surface area contributed by atoms with Crippen LogP contribution in [0, 0.1) is 12.7 Å². The summed E-state index contributed by atoms with van der Waals surface area (Å²) in [6.07, 6.45) is 0.801. The van der Waals surface area contributed by atoms with E-state index in [1.165, 1.54) is 16.8 Å². The summed E-state index contributed by atoms with van der Waals surface area (Å²) in [4.78, 5) is 30.7. The molecule has 0 saturated heterocycles. The van der Waals surface area contributed by atoms with Crippen molar-refractivity contribution in [3.8, 4) is 22.9 Å². The van der Waals surface area contributed by atoms with Crippen molar-refractivity contribution < 1.29 is 23.8 Å². The minimum atomic E-state index is -0.640. The lowest BCUT2D eigenvalue weighted by atomic mass is 10.0. The van der Waals surface area contributed by atoms with E-state index >= 15 is 4.39 Å². The van der Waals surface area contributed by atoms with Gasteiger partial charge in [-0.1, -0.05) is 24.3 Å². The molecule has 0 fully saturated rings. The second-order valence-electron chi connectivity index (χ2n) is 9.55. The van der Waals surface area contributed by atoms with Gasteiger partial charge in [0.05, 0.1) is 17.3 Å². The first-order valence-corrected chi connectivity index (χ1v) is 12.8. The van der Waals surface area contributed by atoms with E-state index in [1.807, 2.05) is 18.2 Å². The van der Waals surface area contributed by atoms with Gasteiger partial charge in [0.25, 0.3) is 5.56 Å². The van der Waals surface area contributed by atoms with Crippen LogP contribution in [-0.4, -0.2) is 37.9 Å². The van der Waals surface area contributed by atoms with Crippen LogP contribution in [-0.2, 0) is 13.5 Å². The molecule has 9 heteroatoms. The molecular formula is C31H28FN3O5. The van der Waals surface area contributed by atoms with Crippen molar-refractivity contribution in [2.45, 2.75) is 26.4 Å². The number of rotatable bonds is 9. The maximum absolute atomic E-state index is 15.1.